The highest BCUT2D eigenvalue weighted by Gasteiger charge is 2.64. The van der Waals surface area contributed by atoms with E-state index >= 15 is 0 Å². The van der Waals surface area contributed by atoms with Crippen molar-refractivity contribution in [1.82, 2.24) is 9.55 Å². The predicted molar refractivity (Wildman–Crippen MR) is 99.0 cm³/mol. The van der Waals surface area contributed by atoms with Gasteiger partial charge in [-0.05, 0) is 48.5 Å². The quantitative estimate of drug-likeness (QED) is 0.849. The summed E-state index contributed by atoms with van der Waals surface area (Å²) < 4.78 is 26.0. The summed E-state index contributed by atoms with van der Waals surface area (Å²) in [6.45, 7) is 14.1. The van der Waals surface area contributed by atoms with E-state index in [1.165, 1.54) is 10.8 Å². The second-order valence-electron chi connectivity index (χ2n) is 9.38. The smallest absolute Gasteiger partial charge is 0.330 e. The van der Waals surface area contributed by atoms with Crippen LogP contribution in [-0.4, -0.2) is 51.8 Å². The van der Waals surface area contributed by atoms with Gasteiger partial charge >= 0.3 is 5.69 Å². The lowest BCUT2D eigenvalue weighted by molar-refractivity contribution is -0.211. The van der Waals surface area contributed by atoms with Gasteiger partial charge in [-0.25, -0.2) is 4.79 Å². The van der Waals surface area contributed by atoms with Gasteiger partial charge in [-0.1, -0.05) is 0 Å². The summed E-state index contributed by atoms with van der Waals surface area (Å²) in [6, 6.07) is 0. The molecule has 0 aromatic carbocycles. The number of aromatic amines is 1. The van der Waals surface area contributed by atoms with Crippen molar-refractivity contribution in [3.8, 4) is 0 Å². The van der Waals surface area contributed by atoms with Crippen molar-refractivity contribution in [2.45, 2.75) is 83.7 Å². The Kier molecular flexibility index (Phi) is 4.91. The van der Waals surface area contributed by atoms with Crippen LogP contribution in [0.5, 0.6) is 0 Å². The second-order valence-corrected chi connectivity index (χ2v) is 9.38. The van der Waals surface area contributed by atoms with Crippen LogP contribution in [-0.2, 0) is 18.9 Å². The average Bonchev–Trinajstić information content (AvgIpc) is 2.99. The largest absolute Gasteiger partial charge is 0.373 e. The Hall–Kier alpha value is -1.48. The predicted octanol–water partition coefficient (Wildman–Crippen LogP) is 1.51. The molecule has 1 aromatic heterocycles. The topological polar surface area (TPSA) is 91.8 Å². The minimum Gasteiger partial charge on any atom is -0.373 e. The third-order valence-corrected chi connectivity index (χ3v) is 4.62. The number of hydrogen-bond donors (Lipinski definition) is 1. The van der Waals surface area contributed by atoms with Gasteiger partial charge in [0.25, 0.3) is 5.56 Å². The Morgan fingerprint density at radius 3 is 2.48 bits per heavy atom. The molecule has 1 aromatic rings. The lowest BCUT2D eigenvalue weighted by atomic mass is 9.98. The van der Waals surface area contributed by atoms with Gasteiger partial charge in [0.1, 0.15) is 17.8 Å². The van der Waals surface area contributed by atoms with Crippen LogP contribution in [0.4, 0.5) is 0 Å². The molecule has 1 unspecified atom stereocenters. The van der Waals surface area contributed by atoms with Gasteiger partial charge in [-0.3, -0.25) is 14.3 Å². The Balaban J connectivity index is 1.97. The van der Waals surface area contributed by atoms with Gasteiger partial charge in [0, 0.05) is 11.8 Å². The molecule has 0 aliphatic carbocycles. The minimum atomic E-state index is -0.820. The highest BCUT2D eigenvalue weighted by atomic mass is 16.7. The number of nitrogens with zero attached hydrogens (tertiary/aromatic N) is 1. The summed E-state index contributed by atoms with van der Waals surface area (Å²) in [5.41, 5.74) is -2.12. The fourth-order valence-corrected chi connectivity index (χ4v) is 3.39. The lowest BCUT2D eigenvalue weighted by Crippen LogP contribution is -2.50. The Morgan fingerprint density at radius 1 is 1.22 bits per heavy atom. The second kappa shape index (κ2) is 6.55. The molecule has 27 heavy (non-hydrogen) atoms. The number of fused-ring (bicyclic) bond motifs is 2. The van der Waals surface area contributed by atoms with Crippen LogP contribution >= 0.6 is 0 Å². The monoisotopic (exact) mass is 382 g/mol. The maximum absolute atomic E-state index is 12.4. The van der Waals surface area contributed by atoms with E-state index in [2.05, 4.69) is 4.98 Å². The zero-order chi connectivity index (χ0) is 20.2. The van der Waals surface area contributed by atoms with Gasteiger partial charge in [0.15, 0.2) is 6.23 Å². The van der Waals surface area contributed by atoms with Gasteiger partial charge in [-0.15, -0.1) is 0 Å². The SMILES string of the molecule is Cc1cn([C@@H]2O[C@@]3(COC(C)(C)C)COC2[C@H]3OC(C)(C)C)c(=O)[nH]c1=O. The van der Waals surface area contributed by atoms with Crippen LogP contribution in [0.1, 0.15) is 53.3 Å². The van der Waals surface area contributed by atoms with E-state index in [9.17, 15) is 9.59 Å². The number of aryl methyl sites for hydroxylation is 1. The molecular weight excluding hydrogens is 352 g/mol. The number of hydrogen-bond acceptors (Lipinski definition) is 6. The molecule has 152 valence electrons. The summed E-state index contributed by atoms with van der Waals surface area (Å²) in [4.78, 5) is 26.4. The summed E-state index contributed by atoms with van der Waals surface area (Å²) in [7, 11) is 0. The van der Waals surface area contributed by atoms with Crippen LogP contribution in [0.25, 0.3) is 0 Å². The van der Waals surface area contributed by atoms with Crippen molar-refractivity contribution in [2.75, 3.05) is 13.2 Å². The van der Waals surface area contributed by atoms with Crippen LogP contribution in [0, 0.1) is 6.92 Å². The lowest BCUT2D eigenvalue weighted by Gasteiger charge is -2.35. The zero-order valence-electron chi connectivity index (χ0n) is 17.1. The van der Waals surface area contributed by atoms with E-state index in [0.717, 1.165) is 0 Å². The molecule has 1 N–H and O–H groups in total. The first kappa shape index (κ1) is 20.3. The summed E-state index contributed by atoms with van der Waals surface area (Å²) in [5, 5.41) is 0. The van der Waals surface area contributed by atoms with Crippen LogP contribution in [0.3, 0.4) is 0 Å². The maximum Gasteiger partial charge on any atom is 0.330 e. The Labute approximate surface area is 158 Å². The highest BCUT2D eigenvalue weighted by molar-refractivity contribution is 5.11. The molecule has 8 heteroatoms. The molecule has 2 aliphatic rings. The molecular formula is C19H30N2O6. The summed E-state index contributed by atoms with van der Waals surface area (Å²) >= 11 is 0. The Bertz CT molecular complexity index is 815. The normalized spacial score (nSPS) is 30.9. The van der Waals surface area contributed by atoms with E-state index < -0.39 is 40.9 Å². The number of nitrogens with one attached hydrogen (secondary N) is 1. The zero-order valence-corrected chi connectivity index (χ0v) is 17.1. The number of ether oxygens (including phenoxy) is 4. The van der Waals surface area contributed by atoms with E-state index in [-0.39, 0.29) is 12.2 Å². The van der Waals surface area contributed by atoms with E-state index in [1.54, 1.807) is 6.92 Å². The standard InChI is InChI=1S/C19H30N2O6/c1-11-8-21(16(23)20-14(11)22)15-12-13(26-18(5,6)7)19(27-15,9-24-12)10-25-17(2,3)4/h8,12-13,15H,9-10H2,1-7H3,(H,20,22,23)/t12?,13-,15-,19-/m1/s1. The molecule has 4 atom stereocenters. The number of H-pyrrole nitrogens is 1. The van der Waals surface area contributed by atoms with Crippen molar-refractivity contribution in [3.63, 3.8) is 0 Å². The van der Waals surface area contributed by atoms with Crippen molar-refractivity contribution >= 4 is 0 Å². The fraction of sp³-hybridized carbons (Fsp3) is 0.789. The molecule has 0 spiro atoms. The summed E-state index contributed by atoms with van der Waals surface area (Å²) in [5.74, 6) is 0. The minimum absolute atomic E-state index is 0.279. The third-order valence-electron chi connectivity index (χ3n) is 4.62. The fourth-order valence-electron chi connectivity index (χ4n) is 3.39. The molecule has 0 radical (unpaired) electrons. The number of rotatable bonds is 4. The van der Waals surface area contributed by atoms with E-state index in [1.807, 2.05) is 41.5 Å². The van der Waals surface area contributed by atoms with Crippen molar-refractivity contribution in [2.24, 2.45) is 0 Å². The maximum atomic E-state index is 12.4. The van der Waals surface area contributed by atoms with Gasteiger partial charge < -0.3 is 18.9 Å². The molecule has 2 saturated heterocycles. The van der Waals surface area contributed by atoms with Gasteiger partial charge in [0.05, 0.1) is 24.4 Å². The molecule has 2 fully saturated rings. The first-order valence-electron chi connectivity index (χ1n) is 9.25. The molecule has 3 rings (SSSR count). The van der Waals surface area contributed by atoms with Gasteiger partial charge in [0.2, 0.25) is 0 Å². The first-order valence-corrected chi connectivity index (χ1v) is 9.25. The van der Waals surface area contributed by atoms with E-state index in [4.69, 9.17) is 18.9 Å². The molecule has 2 aliphatic heterocycles. The third kappa shape index (κ3) is 4.03. The van der Waals surface area contributed by atoms with Crippen molar-refractivity contribution in [1.29, 1.82) is 0 Å². The average molecular weight is 382 g/mol. The van der Waals surface area contributed by atoms with Crippen LogP contribution in [0.2, 0.25) is 0 Å². The molecule has 2 bridgehead atoms. The van der Waals surface area contributed by atoms with Crippen molar-refractivity contribution < 1.29 is 18.9 Å². The summed E-state index contributed by atoms with van der Waals surface area (Å²) in [6.07, 6.45) is -0.0694. The van der Waals surface area contributed by atoms with E-state index in [0.29, 0.717) is 12.2 Å². The first-order chi connectivity index (χ1) is 12.3. The molecule has 3 heterocycles. The van der Waals surface area contributed by atoms with Crippen LogP contribution in [0.15, 0.2) is 15.8 Å². The Morgan fingerprint density at radius 2 is 1.89 bits per heavy atom. The van der Waals surface area contributed by atoms with Gasteiger partial charge in [-0.2, -0.15) is 0 Å². The van der Waals surface area contributed by atoms with Crippen molar-refractivity contribution in [3.05, 3.63) is 32.6 Å². The molecule has 0 amide bonds. The molecule has 0 saturated carbocycles. The number of aromatic nitrogens is 2. The van der Waals surface area contributed by atoms with Crippen LogP contribution < -0.4 is 11.2 Å². The molecule has 8 nitrogen and oxygen atoms in total. The highest BCUT2D eigenvalue weighted by Crippen LogP contribution is 2.47.